The van der Waals surface area contributed by atoms with Crippen molar-refractivity contribution in [1.82, 2.24) is 10.3 Å². The number of halogens is 1. The number of hydrogen-bond donors (Lipinski definition) is 1. The molecule has 1 aromatic rings. The summed E-state index contributed by atoms with van der Waals surface area (Å²) in [6.45, 7) is 1.17. The molecule has 1 aromatic heterocycles. The number of piperidine rings is 1. The van der Waals surface area contributed by atoms with E-state index in [1.165, 1.54) is 30.7 Å². The lowest BCUT2D eigenvalue weighted by Crippen LogP contribution is -2.25. The minimum Gasteiger partial charge on any atom is -0.309 e. The van der Waals surface area contributed by atoms with E-state index in [4.69, 9.17) is 0 Å². The SMILES string of the molecule is Cl.c1ncc([C@H]2CCCCN2)s1. The van der Waals surface area contributed by atoms with Crippen molar-refractivity contribution >= 4 is 23.7 Å². The highest BCUT2D eigenvalue weighted by atomic mass is 35.5. The Morgan fingerprint density at radius 2 is 2.42 bits per heavy atom. The van der Waals surface area contributed by atoms with Gasteiger partial charge in [0.15, 0.2) is 0 Å². The lowest BCUT2D eigenvalue weighted by molar-refractivity contribution is 0.417. The molecule has 1 aliphatic rings. The van der Waals surface area contributed by atoms with Crippen LogP contribution in [0.2, 0.25) is 0 Å². The van der Waals surface area contributed by atoms with E-state index in [0.717, 1.165) is 0 Å². The molecule has 12 heavy (non-hydrogen) atoms. The van der Waals surface area contributed by atoms with Gasteiger partial charge in [0.1, 0.15) is 0 Å². The maximum absolute atomic E-state index is 4.08. The lowest BCUT2D eigenvalue weighted by atomic mass is 10.0. The first-order valence-corrected chi connectivity index (χ1v) is 4.96. The van der Waals surface area contributed by atoms with Gasteiger partial charge in [-0.25, -0.2) is 0 Å². The number of nitrogens with zero attached hydrogens (tertiary/aromatic N) is 1. The molecule has 0 bridgehead atoms. The summed E-state index contributed by atoms with van der Waals surface area (Å²) in [6, 6.07) is 0.594. The molecule has 4 heteroatoms. The van der Waals surface area contributed by atoms with Crippen LogP contribution in [0.3, 0.4) is 0 Å². The zero-order valence-electron chi connectivity index (χ0n) is 6.82. The number of rotatable bonds is 1. The number of nitrogens with one attached hydrogen (secondary N) is 1. The van der Waals surface area contributed by atoms with Gasteiger partial charge in [-0.3, -0.25) is 4.98 Å². The van der Waals surface area contributed by atoms with Crippen LogP contribution in [0.25, 0.3) is 0 Å². The van der Waals surface area contributed by atoms with Crippen LogP contribution in [-0.2, 0) is 0 Å². The van der Waals surface area contributed by atoms with Crippen LogP contribution in [0.5, 0.6) is 0 Å². The van der Waals surface area contributed by atoms with E-state index in [2.05, 4.69) is 10.3 Å². The predicted molar refractivity (Wildman–Crippen MR) is 54.0 cm³/mol. The smallest absolute Gasteiger partial charge is 0.0794 e. The third kappa shape index (κ3) is 2.19. The van der Waals surface area contributed by atoms with Gasteiger partial charge in [0.2, 0.25) is 0 Å². The number of thiazole rings is 1. The van der Waals surface area contributed by atoms with Crippen LogP contribution in [0.4, 0.5) is 0 Å². The molecule has 1 aliphatic heterocycles. The average molecular weight is 205 g/mol. The van der Waals surface area contributed by atoms with E-state index in [0.29, 0.717) is 6.04 Å². The highest BCUT2D eigenvalue weighted by Gasteiger charge is 2.14. The Balaban J connectivity index is 0.000000720. The molecule has 2 nitrogen and oxygen atoms in total. The molecular formula is C8H13ClN2S. The molecule has 1 saturated heterocycles. The Morgan fingerprint density at radius 3 is 3.00 bits per heavy atom. The molecule has 0 saturated carbocycles. The Bertz CT molecular complexity index is 207. The van der Waals surface area contributed by atoms with Crippen LogP contribution in [0, 0.1) is 0 Å². The monoisotopic (exact) mass is 204 g/mol. The van der Waals surface area contributed by atoms with Crippen molar-refractivity contribution in [3.05, 3.63) is 16.6 Å². The van der Waals surface area contributed by atoms with Crippen molar-refractivity contribution in [1.29, 1.82) is 0 Å². The molecule has 1 fully saturated rings. The van der Waals surface area contributed by atoms with E-state index in [9.17, 15) is 0 Å². The fourth-order valence-corrected chi connectivity index (χ4v) is 2.22. The topological polar surface area (TPSA) is 24.9 Å². The molecule has 2 heterocycles. The van der Waals surface area contributed by atoms with Crippen molar-refractivity contribution in [2.45, 2.75) is 25.3 Å². The number of hydrogen-bond acceptors (Lipinski definition) is 3. The van der Waals surface area contributed by atoms with Crippen LogP contribution in [-0.4, -0.2) is 11.5 Å². The van der Waals surface area contributed by atoms with Gasteiger partial charge >= 0.3 is 0 Å². The minimum atomic E-state index is 0. The molecule has 68 valence electrons. The number of aromatic nitrogens is 1. The Morgan fingerprint density at radius 1 is 1.50 bits per heavy atom. The second-order valence-electron chi connectivity index (χ2n) is 2.91. The summed E-state index contributed by atoms with van der Waals surface area (Å²) in [5.74, 6) is 0. The summed E-state index contributed by atoms with van der Waals surface area (Å²) in [5.41, 5.74) is 1.91. The molecule has 0 aliphatic carbocycles. The first-order chi connectivity index (χ1) is 5.47. The normalized spacial score (nSPS) is 23.2. The summed E-state index contributed by atoms with van der Waals surface area (Å²) < 4.78 is 0. The van der Waals surface area contributed by atoms with E-state index in [1.54, 1.807) is 11.3 Å². The fraction of sp³-hybridized carbons (Fsp3) is 0.625. The van der Waals surface area contributed by atoms with Gasteiger partial charge in [-0.1, -0.05) is 6.42 Å². The summed E-state index contributed by atoms with van der Waals surface area (Å²) in [5, 5.41) is 3.49. The molecule has 0 radical (unpaired) electrons. The second-order valence-corrected chi connectivity index (χ2v) is 3.82. The Kier molecular flexibility index (Phi) is 3.98. The molecule has 0 spiro atoms. The van der Waals surface area contributed by atoms with Crippen molar-refractivity contribution in [3.63, 3.8) is 0 Å². The first kappa shape index (κ1) is 9.96. The molecule has 1 atom stereocenters. The summed E-state index contributed by atoms with van der Waals surface area (Å²) >= 11 is 1.76. The highest BCUT2D eigenvalue weighted by molar-refractivity contribution is 7.09. The zero-order chi connectivity index (χ0) is 7.52. The van der Waals surface area contributed by atoms with E-state index in [1.807, 2.05) is 11.7 Å². The van der Waals surface area contributed by atoms with Gasteiger partial charge in [0, 0.05) is 17.1 Å². The third-order valence-electron chi connectivity index (χ3n) is 2.11. The third-order valence-corrected chi connectivity index (χ3v) is 2.99. The van der Waals surface area contributed by atoms with Crippen LogP contribution < -0.4 is 5.32 Å². The predicted octanol–water partition coefficient (Wildman–Crippen LogP) is 2.38. The van der Waals surface area contributed by atoms with Gasteiger partial charge in [-0.2, -0.15) is 0 Å². The van der Waals surface area contributed by atoms with E-state index >= 15 is 0 Å². The molecule has 0 aromatic carbocycles. The van der Waals surface area contributed by atoms with Gasteiger partial charge < -0.3 is 5.32 Å². The fourth-order valence-electron chi connectivity index (χ4n) is 1.49. The van der Waals surface area contributed by atoms with Crippen molar-refractivity contribution in [2.24, 2.45) is 0 Å². The van der Waals surface area contributed by atoms with Gasteiger partial charge in [0.05, 0.1) is 5.51 Å². The zero-order valence-corrected chi connectivity index (χ0v) is 8.46. The van der Waals surface area contributed by atoms with Crippen molar-refractivity contribution in [2.75, 3.05) is 6.54 Å². The van der Waals surface area contributed by atoms with Gasteiger partial charge in [-0.15, -0.1) is 23.7 Å². The molecule has 2 rings (SSSR count). The van der Waals surface area contributed by atoms with Gasteiger partial charge in [0.25, 0.3) is 0 Å². The van der Waals surface area contributed by atoms with Crippen LogP contribution >= 0.6 is 23.7 Å². The van der Waals surface area contributed by atoms with Crippen molar-refractivity contribution in [3.8, 4) is 0 Å². The maximum Gasteiger partial charge on any atom is 0.0794 e. The lowest BCUT2D eigenvalue weighted by Gasteiger charge is -2.21. The van der Waals surface area contributed by atoms with Gasteiger partial charge in [-0.05, 0) is 19.4 Å². The average Bonchev–Trinajstić information content (AvgIpc) is 2.58. The van der Waals surface area contributed by atoms with Crippen LogP contribution in [0.15, 0.2) is 11.7 Å². The quantitative estimate of drug-likeness (QED) is 0.760. The summed E-state index contributed by atoms with van der Waals surface area (Å²) in [7, 11) is 0. The molecule has 0 unspecified atom stereocenters. The highest BCUT2D eigenvalue weighted by Crippen LogP contribution is 2.24. The Labute approximate surface area is 82.8 Å². The van der Waals surface area contributed by atoms with Crippen molar-refractivity contribution < 1.29 is 0 Å². The first-order valence-electron chi connectivity index (χ1n) is 4.08. The largest absolute Gasteiger partial charge is 0.309 e. The van der Waals surface area contributed by atoms with E-state index in [-0.39, 0.29) is 12.4 Å². The molecule has 0 amide bonds. The maximum atomic E-state index is 4.08. The molecule has 1 N–H and O–H groups in total. The Hall–Kier alpha value is -0.120. The van der Waals surface area contributed by atoms with Crippen LogP contribution in [0.1, 0.15) is 30.2 Å². The second kappa shape index (κ2) is 4.80. The summed E-state index contributed by atoms with van der Waals surface area (Å²) in [4.78, 5) is 5.47. The van der Waals surface area contributed by atoms with E-state index < -0.39 is 0 Å². The summed E-state index contributed by atoms with van der Waals surface area (Å²) in [6.07, 6.45) is 5.95. The minimum absolute atomic E-state index is 0. The standard InChI is InChI=1S/C8H12N2S.ClH/c1-2-4-10-7(3-1)8-5-9-6-11-8;/h5-7,10H,1-4H2;1H/t7-;/m1./s1. The molecular weight excluding hydrogens is 192 g/mol.